The zero-order chi connectivity index (χ0) is 23.4. The summed E-state index contributed by atoms with van der Waals surface area (Å²) in [6, 6.07) is 0. The van der Waals surface area contributed by atoms with Crippen LogP contribution in [-0.4, -0.2) is 61.2 Å². The van der Waals surface area contributed by atoms with Gasteiger partial charge in [0.25, 0.3) is 6.43 Å². The highest BCUT2D eigenvalue weighted by atomic mass is 19.3. The van der Waals surface area contributed by atoms with Gasteiger partial charge in [-0.1, -0.05) is 32.9 Å². The minimum Gasteiger partial charge on any atom is -0.449 e. The van der Waals surface area contributed by atoms with Gasteiger partial charge in [0.15, 0.2) is 5.84 Å². The maximum absolute atomic E-state index is 12.6. The molecule has 0 saturated heterocycles. The summed E-state index contributed by atoms with van der Waals surface area (Å²) in [5, 5.41) is 5.21. The highest BCUT2D eigenvalue weighted by Crippen LogP contribution is 2.20. The second kappa shape index (κ2) is 12.8. The average Bonchev–Trinajstić information content (AvgIpc) is 2.72. The Balaban J connectivity index is 2.91. The fourth-order valence-electron chi connectivity index (χ4n) is 2.49. The maximum Gasteiger partial charge on any atom is 0.410 e. The molecular formula is C23H34F2N4O2. The van der Waals surface area contributed by atoms with Crippen molar-refractivity contribution in [3.63, 3.8) is 0 Å². The summed E-state index contributed by atoms with van der Waals surface area (Å²) in [5.74, 6) is 0.234. The van der Waals surface area contributed by atoms with Crippen LogP contribution in [0.3, 0.4) is 0 Å². The van der Waals surface area contributed by atoms with E-state index in [0.29, 0.717) is 26.1 Å². The summed E-state index contributed by atoms with van der Waals surface area (Å²) in [6.07, 6.45) is 5.54. The zero-order valence-electron chi connectivity index (χ0n) is 19.2. The molecule has 0 radical (unpaired) electrons. The summed E-state index contributed by atoms with van der Waals surface area (Å²) in [5.41, 5.74) is 4.75. The zero-order valence-corrected chi connectivity index (χ0v) is 19.2. The highest BCUT2D eigenvalue weighted by Gasteiger charge is 2.20. The molecule has 172 valence electrons. The highest BCUT2D eigenvalue weighted by molar-refractivity contribution is 5.93. The van der Waals surface area contributed by atoms with Crippen molar-refractivity contribution in [1.29, 1.82) is 0 Å². The molecule has 6 nitrogen and oxygen atoms in total. The van der Waals surface area contributed by atoms with E-state index in [-0.39, 0.29) is 17.3 Å². The van der Waals surface area contributed by atoms with Crippen molar-refractivity contribution in [3.05, 3.63) is 41.3 Å². The molecule has 0 N–H and O–H groups in total. The van der Waals surface area contributed by atoms with Crippen LogP contribution in [0.2, 0.25) is 0 Å². The lowest BCUT2D eigenvalue weighted by molar-refractivity contribution is 0.0695. The Morgan fingerprint density at radius 1 is 1.45 bits per heavy atom. The van der Waals surface area contributed by atoms with Gasteiger partial charge < -0.3 is 9.64 Å². The van der Waals surface area contributed by atoms with Gasteiger partial charge >= 0.3 is 6.09 Å². The predicted molar refractivity (Wildman–Crippen MR) is 121 cm³/mol. The Morgan fingerprint density at radius 3 is 2.74 bits per heavy atom. The van der Waals surface area contributed by atoms with Crippen LogP contribution in [0.4, 0.5) is 13.6 Å². The fourth-order valence-corrected chi connectivity index (χ4v) is 2.49. The number of nitrogens with zero attached hydrogens (tertiary/aromatic N) is 4. The van der Waals surface area contributed by atoms with Crippen molar-refractivity contribution >= 4 is 18.6 Å². The summed E-state index contributed by atoms with van der Waals surface area (Å²) in [6.45, 7) is 14.1. The molecule has 31 heavy (non-hydrogen) atoms. The number of hydrogen-bond donors (Lipinski definition) is 0. The molecule has 0 unspecified atom stereocenters. The molecule has 8 heteroatoms. The van der Waals surface area contributed by atoms with E-state index in [1.807, 2.05) is 26.0 Å². The van der Waals surface area contributed by atoms with Gasteiger partial charge in [-0.15, -0.1) is 5.73 Å². The molecule has 0 spiro atoms. The molecule has 1 rings (SSSR count). The number of amides is 1. The van der Waals surface area contributed by atoms with Crippen molar-refractivity contribution in [1.82, 2.24) is 9.91 Å². The van der Waals surface area contributed by atoms with Gasteiger partial charge in [0.1, 0.15) is 6.54 Å². The second-order valence-corrected chi connectivity index (χ2v) is 8.04. The molecule has 0 aliphatic carbocycles. The van der Waals surface area contributed by atoms with Crippen LogP contribution in [-0.2, 0) is 4.74 Å². The molecule has 0 aromatic heterocycles. The summed E-state index contributed by atoms with van der Waals surface area (Å²) in [7, 11) is 0. The summed E-state index contributed by atoms with van der Waals surface area (Å²) in [4.78, 5) is 17.9. The Labute approximate surface area is 184 Å². The van der Waals surface area contributed by atoms with E-state index in [1.54, 1.807) is 11.1 Å². The lowest BCUT2D eigenvalue weighted by atomic mass is 9.92. The van der Waals surface area contributed by atoms with E-state index in [9.17, 15) is 13.6 Å². The van der Waals surface area contributed by atoms with Gasteiger partial charge in [-0.3, -0.25) is 4.99 Å². The molecule has 0 bridgehead atoms. The maximum atomic E-state index is 12.6. The fraction of sp³-hybridized carbons (Fsp3) is 0.565. The second-order valence-electron chi connectivity index (χ2n) is 8.04. The minimum absolute atomic E-state index is 0.0588. The Bertz CT molecular complexity index is 778. The van der Waals surface area contributed by atoms with Crippen LogP contribution >= 0.6 is 0 Å². The lowest BCUT2D eigenvalue weighted by Gasteiger charge is -2.25. The number of alkyl halides is 2. The van der Waals surface area contributed by atoms with E-state index in [2.05, 4.69) is 43.3 Å². The first-order valence-corrected chi connectivity index (χ1v) is 10.4. The molecule has 1 aliphatic heterocycles. The van der Waals surface area contributed by atoms with Gasteiger partial charge in [0.2, 0.25) is 0 Å². The molecule has 0 atom stereocenters. The monoisotopic (exact) mass is 436 g/mol. The third kappa shape index (κ3) is 9.75. The molecule has 1 amide bonds. The van der Waals surface area contributed by atoms with Crippen LogP contribution < -0.4 is 0 Å². The predicted octanol–water partition coefficient (Wildman–Crippen LogP) is 5.41. The van der Waals surface area contributed by atoms with Crippen LogP contribution in [0.15, 0.2) is 51.4 Å². The van der Waals surface area contributed by atoms with Crippen molar-refractivity contribution in [2.24, 2.45) is 15.5 Å². The first-order valence-electron chi connectivity index (χ1n) is 10.4. The lowest BCUT2D eigenvalue weighted by Crippen LogP contribution is -2.34. The van der Waals surface area contributed by atoms with Gasteiger partial charge in [-0.2, -0.15) is 5.10 Å². The van der Waals surface area contributed by atoms with Crippen LogP contribution in [0, 0.1) is 5.41 Å². The largest absolute Gasteiger partial charge is 0.449 e. The standard InChI is InChI=1S/C23H34F2N4O2/c1-7-23(4,5)17-31-22(30)28(8-2)13-9-10-19-14-18(3)11-12-21(27-15-20(24)25)29(16-19)26-6/h9-10,12,16,20H,6-8,13-15,17H2,1-5H3/b10-9+,19-16-,27-21?. The SMILES string of the molecule is C=NN1/C=C(/C=C/CN(CC)C(=O)OCC(C)(C)CC)CC(C)=C=CC1=NCC(F)F. The minimum atomic E-state index is -2.55. The number of aliphatic imine (C=N–C) groups is 1. The summed E-state index contributed by atoms with van der Waals surface area (Å²) >= 11 is 0. The van der Waals surface area contributed by atoms with Gasteiger partial charge in [-0.25, -0.2) is 18.6 Å². The number of halogens is 2. The van der Waals surface area contributed by atoms with Crippen molar-refractivity contribution in [2.45, 2.75) is 53.9 Å². The number of likely N-dealkylation sites (N-methyl/N-ethyl adjacent to an activating group) is 1. The summed E-state index contributed by atoms with van der Waals surface area (Å²) < 4.78 is 30.6. The number of carbonyl (C=O) groups is 1. The van der Waals surface area contributed by atoms with Crippen molar-refractivity contribution in [3.8, 4) is 0 Å². The van der Waals surface area contributed by atoms with Crippen molar-refractivity contribution < 1.29 is 18.3 Å². The van der Waals surface area contributed by atoms with E-state index in [0.717, 1.165) is 17.6 Å². The Kier molecular flexibility index (Phi) is 10.9. The molecule has 0 aromatic carbocycles. The van der Waals surface area contributed by atoms with Gasteiger partial charge in [0, 0.05) is 38.5 Å². The van der Waals surface area contributed by atoms with Gasteiger partial charge in [-0.05, 0) is 36.8 Å². The quantitative estimate of drug-likeness (QED) is 0.340. The Morgan fingerprint density at radius 2 is 2.16 bits per heavy atom. The number of hydrazone groups is 1. The van der Waals surface area contributed by atoms with Crippen LogP contribution in [0.5, 0.6) is 0 Å². The topological polar surface area (TPSA) is 57.5 Å². The number of ether oxygens (including phenoxy) is 1. The van der Waals surface area contributed by atoms with E-state index < -0.39 is 13.0 Å². The number of hydrogen-bond acceptors (Lipinski definition) is 4. The first kappa shape index (κ1) is 26.3. The molecule has 0 fully saturated rings. The third-order valence-corrected chi connectivity index (χ3v) is 4.82. The molecule has 0 aromatic rings. The molecular weight excluding hydrogens is 402 g/mol. The molecule has 0 saturated carbocycles. The molecule has 1 heterocycles. The number of allylic oxidation sites excluding steroid dienone is 2. The van der Waals surface area contributed by atoms with E-state index in [1.165, 1.54) is 11.1 Å². The smallest absolute Gasteiger partial charge is 0.410 e. The normalized spacial score (nSPS) is 17.9. The van der Waals surface area contributed by atoms with E-state index in [4.69, 9.17) is 4.74 Å². The Hall–Kier alpha value is -2.73. The first-order chi connectivity index (χ1) is 14.6. The van der Waals surface area contributed by atoms with E-state index >= 15 is 0 Å². The average molecular weight is 437 g/mol. The number of amidine groups is 1. The van der Waals surface area contributed by atoms with Crippen LogP contribution in [0.1, 0.15) is 47.5 Å². The number of rotatable bonds is 10. The molecule has 1 aliphatic rings. The van der Waals surface area contributed by atoms with Crippen LogP contribution in [0.25, 0.3) is 0 Å². The van der Waals surface area contributed by atoms with Crippen molar-refractivity contribution in [2.75, 3.05) is 26.2 Å². The third-order valence-electron chi connectivity index (χ3n) is 4.82. The number of carbonyl (C=O) groups excluding carboxylic acids is 1. The van der Waals surface area contributed by atoms with Gasteiger partial charge in [0.05, 0.1) is 6.61 Å².